The summed E-state index contributed by atoms with van der Waals surface area (Å²) in [5.74, 6) is 0.416. The van der Waals surface area contributed by atoms with Gasteiger partial charge in [-0.05, 0) is 42.4 Å². The maximum absolute atomic E-state index is 12.2. The molecule has 0 saturated carbocycles. The van der Waals surface area contributed by atoms with Crippen molar-refractivity contribution in [1.29, 1.82) is 0 Å². The van der Waals surface area contributed by atoms with E-state index in [0.29, 0.717) is 12.5 Å². The summed E-state index contributed by atoms with van der Waals surface area (Å²) in [5.41, 5.74) is 2.65. The quantitative estimate of drug-likeness (QED) is 0.910. The highest BCUT2D eigenvalue weighted by Gasteiger charge is 2.18. The largest absolute Gasteiger partial charge is 0.351 e. The Morgan fingerprint density at radius 1 is 1.30 bits per heavy atom. The number of amides is 1. The minimum absolute atomic E-state index is 0.0761. The van der Waals surface area contributed by atoms with Crippen molar-refractivity contribution in [3.8, 4) is 0 Å². The molecule has 0 fully saturated rings. The Labute approximate surface area is 123 Å². The van der Waals surface area contributed by atoms with Crippen molar-refractivity contribution in [2.75, 3.05) is 6.54 Å². The monoisotopic (exact) mass is 285 g/mol. The van der Waals surface area contributed by atoms with Crippen LogP contribution in [0.2, 0.25) is 0 Å². The molecule has 0 spiro atoms. The maximum atomic E-state index is 12.2. The first-order valence-corrected chi connectivity index (χ1v) is 8.00. The standard InChI is InChI=1S/C17H19NOS/c1-12(13-6-3-2-4-7-13)11-18-17(19)16-10-14-8-5-9-15(14)20-16/h2-4,6-7,10,12H,5,8-9,11H2,1H3,(H,18,19)/t12-/m1/s1. The topological polar surface area (TPSA) is 29.1 Å². The molecule has 1 heterocycles. The van der Waals surface area contributed by atoms with Gasteiger partial charge in [0.1, 0.15) is 0 Å². The van der Waals surface area contributed by atoms with E-state index in [-0.39, 0.29) is 5.91 Å². The van der Waals surface area contributed by atoms with Gasteiger partial charge in [-0.1, -0.05) is 37.3 Å². The number of hydrogen-bond donors (Lipinski definition) is 1. The molecule has 3 heteroatoms. The fraction of sp³-hybridized carbons (Fsp3) is 0.353. The van der Waals surface area contributed by atoms with Crippen molar-refractivity contribution in [3.63, 3.8) is 0 Å². The van der Waals surface area contributed by atoms with E-state index in [9.17, 15) is 4.79 Å². The van der Waals surface area contributed by atoms with Gasteiger partial charge in [-0.25, -0.2) is 0 Å². The molecule has 2 aromatic rings. The molecule has 1 atom stereocenters. The lowest BCUT2D eigenvalue weighted by Crippen LogP contribution is -2.26. The fourth-order valence-corrected chi connectivity index (χ4v) is 3.84. The van der Waals surface area contributed by atoms with Crippen LogP contribution in [0.25, 0.3) is 0 Å². The van der Waals surface area contributed by atoms with E-state index in [4.69, 9.17) is 0 Å². The van der Waals surface area contributed by atoms with Crippen molar-refractivity contribution < 1.29 is 4.79 Å². The first-order valence-electron chi connectivity index (χ1n) is 7.19. The van der Waals surface area contributed by atoms with E-state index in [1.54, 1.807) is 11.3 Å². The maximum Gasteiger partial charge on any atom is 0.261 e. The van der Waals surface area contributed by atoms with E-state index in [0.717, 1.165) is 17.7 Å². The zero-order valence-electron chi connectivity index (χ0n) is 11.7. The van der Waals surface area contributed by atoms with E-state index < -0.39 is 0 Å². The Morgan fingerprint density at radius 3 is 2.85 bits per heavy atom. The Bertz CT molecular complexity index is 581. The van der Waals surface area contributed by atoms with Crippen molar-refractivity contribution in [3.05, 3.63) is 57.3 Å². The molecule has 0 radical (unpaired) electrons. The SMILES string of the molecule is C[C@H](CNC(=O)c1cc2c(s1)CCC2)c1ccccc1. The first kappa shape index (κ1) is 13.4. The third kappa shape index (κ3) is 2.78. The molecule has 2 nitrogen and oxygen atoms in total. The number of fused-ring (bicyclic) bond motifs is 1. The number of hydrogen-bond acceptors (Lipinski definition) is 2. The summed E-state index contributed by atoms with van der Waals surface area (Å²) >= 11 is 1.67. The molecule has 1 N–H and O–H groups in total. The average Bonchev–Trinajstić information content (AvgIpc) is 3.06. The molecule has 1 aromatic carbocycles. The van der Waals surface area contributed by atoms with Crippen molar-refractivity contribution in [1.82, 2.24) is 5.32 Å². The van der Waals surface area contributed by atoms with Crippen molar-refractivity contribution in [2.24, 2.45) is 0 Å². The van der Waals surface area contributed by atoms with Crippen molar-refractivity contribution >= 4 is 17.2 Å². The third-order valence-corrected chi connectivity index (χ3v) is 5.14. The van der Waals surface area contributed by atoms with Crippen LogP contribution in [-0.2, 0) is 12.8 Å². The van der Waals surface area contributed by atoms with Crippen LogP contribution in [-0.4, -0.2) is 12.5 Å². The zero-order valence-corrected chi connectivity index (χ0v) is 12.5. The lowest BCUT2D eigenvalue weighted by Gasteiger charge is -2.12. The average molecular weight is 285 g/mol. The number of benzene rings is 1. The van der Waals surface area contributed by atoms with Crippen LogP contribution in [0.5, 0.6) is 0 Å². The molecule has 1 aromatic heterocycles. The fourth-order valence-electron chi connectivity index (χ4n) is 2.67. The van der Waals surface area contributed by atoms with Gasteiger partial charge in [0.25, 0.3) is 5.91 Å². The van der Waals surface area contributed by atoms with E-state index in [1.807, 2.05) is 18.2 Å². The van der Waals surface area contributed by atoms with Gasteiger partial charge in [0.15, 0.2) is 0 Å². The molecular formula is C17H19NOS. The van der Waals surface area contributed by atoms with E-state index in [1.165, 1.54) is 22.4 Å². The Balaban J connectivity index is 1.59. The molecule has 3 rings (SSSR count). The van der Waals surface area contributed by atoms with Crippen LogP contribution in [0.15, 0.2) is 36.4 Å². The number of aryl methyl sites for hydroxylation is 2. The Kier molecular flexibility index (Phi) is 3.88. The van der Waals surface area contributed by atoms with Crippen LogP contribution >= 0.6 is 11.3 Å². The molecule has 0 aliphatic heterocycles. The van der Waals surface area contributed by atoms with Gasteiger partial charge < -0.3 is 5.32 Å². The highest BCUT2D eigenvalue weighted by Crippen LogP contribution is 2.30. The molecule has 1 aliphatic rings. The zero-order chi connectivity index (χ0) is 13.9. The van der Waals surface area contributed by atoms with Gasteiger partial charge in [0.2, 0.25) is 0 Å². The highest BCUT2D eigenvalue weighted by molar-refractivity contribution is 7.14. The lowest BCUT2D eigenvalue weighted by atomic mass is 10.0. The summed E-state index contributed by atoms with van der Waals surface area (Å²) in [6.45, 7) is 2.83. The van der Waals surface area contributed by atoms with Crippen LogP contribution in [0.4, 0.5) is 0 Å². The molecular weight excluding hydrogens is 266 g/mol. The molecule has 1 amide bonds. The van der Waals surface area contributed by atoms with Gasteiger partial charge >= 0.3 is 0 Å². The summed E-state index contributed by atoms with van der Waals surface area (Å²) in [4.78, 5) is 14.5. The van der Waals surface area contributed by atoms with Gasteiger partial charge in [0.05, 0.1) is 4.88 Å². The van der Waals surface area contributed by atoms with Crippen LogP contribution < -0.4 is 5.32 Å². The Morgan fingerprint density at radius 2 is 2.10 bits per heavy atom. The molecule has 0 bridgehead atoms. The summed E-state index contributed by atoms with van der Waals surface area (Å²) < 4.78 is 0. The van der Waals surface area contributed by atoms with Crippen LogP contribution in [0.3, 0.4) is 0 Å². The lowest BCUT2D eigenvalue weighted by molar-refractivity contribution is 0.0955. The minimum atomic E-state index is 0.0761. The molecule has 20 heavy (non-hydrogen) atoms. The highest BCUT2D eigenvalue weighted by atomic mass is 32.1. The smallest absolute Gasteiger partial charge is 0.261 e. The van der Waals surface area contributed by atoms with Gasteiger partial charge in [-0.2, -0.15) is 0 Å². The first-order chi connectivity index (χ1) is 9.74. The summed E-state index contributed by atoms with van der Waals surface area (Å²) in [7, 11) is 0. The molecule has 0 saturated heterocycles. The summed E-state index contributed by atoms with van der Waals surface area (Å²) in [6.07, 6.45) is 3.53. The molecule has 0 unspecified atom stereocenters. The molecule has 104 valence electrons. The second-order valence-electron chi connectivity index (χ2n) is 5.43. The van der Waals surface area contributed by atoms with E-state index >= 15 is 0 Å². The minimum Gasteiger partial charge on any atom is -0.351 e. The van der Waals surface area contributed by atoms with Gasteiger partial charge in [-0.3, -0.25) is 4.79 Å². The van der Waals surface area contributed by atoms with Crippen molar-refractivity contribution in [2.45, 2.75) is 32.1 Å². The normalized spacial score (nSPS) is 14.8. The predicted octanol–water partition coefficient (Wildman–Crippen LogP) is 3.77. The van der Waals surface area contributed by atoms with E-state index in [2.05, 4.69) is 30.4 Å². The van der Waals surface area contributed by atoms with Gasteiger partial charge in [0, 0.05) is 11.4 Å². The van der Waals surface area contributed by atoms with Crippen LogP contribution in [0.1, 0.15) is 44.9 Å². The second-order valence-corrected chi connectivity index (χ2v) is 6.57. The van der Waals surface area contributed by atoms with Crippen LogP contribution in [0, 0.1) is 0 Å². The summed E-state index contributed by atoms with van der Waals surface area (Å²) in [6, 6.07) is 12.4. The third-order valence-electron chi connectivity index (χ3n) is 3.91. The number of rotatable bonds is 4. The predicted molar refractivity (Wildman–Crippen MR) is 83.5 cm³/mol. The Hall–Kier alpha value is -1.61. The second kappa shape index (κ2) is 5.80. The number of thiophene rings is 1. The van der Waals surface area contributed by atoms with Gasteiger partial charge in [-0.15, -0.1) is 11.3 Å². The number of nitrogens with one attached hydrogen (secondary N) is 1. The summed E-state index contributed by atoms with van der Waals surface area (Å²) in [5, 5.41) is 3.06. The number of carbonyl (C=O) groups excluding carboxylic acids is 1. The number of carbonyl (C=O) groups is 1. The molecule has 1 aliphatic carbocycles.